The van der Waals surface area contributed by atoms with E-state index in [1.54, 1.807) is 30.3 Å². The van der Waals surface area contributed by atoms with Gasteiger partial charge in [-0.15, -0.1) is 0 Å². The fourth-order valence-corrected chi connectivity index (χ4v) is 3.88. The number of hydrogen-bond acceptors (Lipinski definition) is 3. The predicted molar refractivity (Wildman–Crippen MR) is 127 cm³/mol. The Bertz CT molecular complexity index is 1360. The van der Waals surface area contributed by atoms with E-state index in [2.05, 4.69) is 10.1 Å². The second kappa shape index (κ2) is 11.8. The van der Waals surface area contributed by atoms with Gasteiger partial charge in [0.05, 0.1) is 5.54 Å². The zero-order chi connectivity index (χ0) is 29.7. The van der Waals surface area contributed by atoms with Crippen LogP contribution in [0.1, 0.15) is 23.6 Å². The molecule has 0 saturated heterocycles. The van der Waals surface area contributed by atoms with Crippen LogP contribution in [-0.4, -0.2) is 30.5 Å². The van der Waals surface area contributed by atoms with E-state index < -0.39 is 53.5 Å². The number of nitriles is 1. The van der Waals surface area contributed by atoms with E-state index in [0.29, 0.717) is 11.6 Å². The van der Waals surface area contributed by atoms with Gasteiger partial charge < -0.3 is 15.4 Å². The number of amides is 2. The Hall–Kier alpha value is -4.34. The zero-order valence-electron chi connectivity index (χ0n) is 20.6. The minimum Gasteiger partial charge on any atom is -0.428 e. The molecule has 0 aliphatic carbocycles. The van der Waals surface area contributed by atoms with Gasteiger partial charge in [0.1, 0.15) is 29.5 Å². The van der Waals surface area contributed by atoms with Gasteiger partial charge in [-0.05, 0) is 47.9 Å². The number of carbonyl (C=O) groups is 1. The van der Waals surface area contributed by atoms with Gasteiger partial charge in [-0.2, -0.15) is 31.6 Å². The molecule has 0 aliphatic heterocycles. The highest BCUT2D eigenvalue weighted by Gasteiger charge is 2.45. The van der Waals surface area contributed by atoms with E-state index in [1.807, 2.05) is 5.32 Å². The van der Waals surface area contributed by atoms with Crippen molar-refractivity contribution < 1.29 is 44.7 Å². The van der Waals surface area contributed by atoms with Gasteiger partial charge in [-0.25, -0.2) is 13.6 Å². The van der Waals surface area contributed by atoms with Gasteiger partial charge in [-0.1, -0.05) is 42.5 Å². The molecule has 3 aromatic carbocycles. The third-order valence-corrected chi connectivity index (χ3v) is 5.89. The first-order chi connectivity index (χ1) is 18.7. The van der Waals surface area contributed by atoms with Crippen LogP contribution in [0.2, 0.25) is 0 Å². The molecule has 3 aromatic rings. The Morgan fingerprint density at radius 1 is 0.925 bits per heavy atom. The maximum Gasteiger partial charge on any atom is 0.461 e. The van der Waals surface area contributed by atoms with Gasteiger partial charge in [0.15, 0.2) is 0 Å². The van der Waals surface area contributed by atoms with Crippen LogP contribution >= 0.6 is 0 Å². The molecule has 5 nitrogen and oxygen atoms in total. The molecular weight excluding hydrogens is 550 g/mol. The normalized spacial score (nSPS) is 14.1. The summed E-state index contributed by atoms with van der Waals surface area (Å²) in [6.45, 7) is 0.847. The minimum absolute atomic E-state index is 0.0322. The van der Waals surface area contributed by atoms with E-state index in [4.69, 9.17) is 5.26 Å². The maximum atomic E-state index is 14.8. The van der Waals surface area contributed by atoms with Gasteiger partial charge >= 0.3 is 24.5 Å². The number of halogens is 8. The van der Waals surface area contributed by atoms with Gasteiger partial charge in [0.25, 0.3) is 0 Å². The smallest absolute Gasteiger partial charge is 0.428 e. The van der Waals surface area contributed by atoms with Crippen molar-refractivity contribution >= 4 is 6.03 Å². The zero-order valence-corrected chi connectivity index (χ0v) is 20.6. The molecule has 3 rings (SSSR count). The standard InChI is InChI=1S/C27H21F8N3O2/c1-16(26(32,33)15-36)37-24(39)38-25(14-17-5-3-2-4-6-17,18-7-9-20(28)10-8-18)19-11-21(29)13-22(12-19)40-27(34,35)23(30)31/h2-13,16,23H,14H2,1H3,(H2,37,38,39)/t16?,25-/m1/s1. The molecule has 2 N–H and O–H groups in total. The van der Waals surface area contributed by atoms with Crippen LogP contribution in [-0.2, 0) is 12.0 Å². The molecule has 13 heteroatoms. The first kappa shape index (κ1) is 30.2. The molecule has 1 unspecified atom stereocenters. The lowest BCUT2D eigenvalue weighted by atomic mass is 9.77. The summed E-state index contributed by atoms with van der Waals surface area (Å²) in [4.78, 5) is 13.0. The molecule has 0 aromatic heterocycles. The first-order valence-corrected chi connectivity index (χ1v) is 11.5. The van der Waals surface area contributed by atoms with Crippen molar-refractivity contribution in [2.75, 3.05) is 0 Å². The fraction of sp³-hybridized carbons (Fsp3) is 0.259. The summed E-state index contributed by atoms with van der Waals surface area (Å²) in [6.07, 6.45) is -9.56. The van der Waals surface area contributed by atoms with Gasteiger partial charge in [0.2, 0.25) is 0 Å². The summed E-state index contributed by atoms with van der Waals surface area (Å²) in [5, 5.41) is 13.0. The highest BCUT2D eigenvalue weighted by Crippen LogP contribution is 2.38. The molecule has 0 aliphatic rings. The minimum atomic E-state index is -5.01. The van der Waals surface area contributed by atoms with E-state index in [0.717, 1.165) is 37.3 Å². The Balaban J connectivity index is 2.23. The van der Waals surface area contributed by atoms with Gasteiger partial charge in [0, 0.05) is 12.5 Å². The summed E-state index contributed by atoms with van der Waals surface area (Å²) in [5.41, 5.74) is -1.85. The van der Waals surface area contributed by atoms with E-state index >= 15 is 0 Å². The fourth-order valence-electron chi connectivity index (χ4n) is 3.88. The van der Waals surface area contributed by atoms with Crippen molar-refractivity contribution in [3.05, 3.63) is 101 Å². The molecule has 0 spiro atoms. The molecular formula is C27H21F8N3O2. The van der Waals surface area contributed by atoms with Crippen LogP contribution in [0.25, 0.3) is 0 Å². The molecule has 212 valence electrons. The van der Waals surface area contributed by atoms with E-state index in [1.165, 1.54) is 12.1 Å². The number of urea groups is 1. The van der Waals surface area contributed by atoms with E-state index in [9.17, 15) is 39.9 Å². The maximum absolute atomic E-state index is 14.8. The van der Waals surface area contributed by atoms with E-state index in [-0.39, 0.29) is 17.5 Å². The SMILES string of the molecule is CC(NC(=O)N[C@](Cc1ccccc1)(c1ccc(F)cc1)c1cc(F)cc(OC(F)(F)C(F)F)c1)C(F)(F)C#N. The number of alkyl halides is 6. The molecule has 0 fully saturated rings. The summed E-state index contributed by atoms with van der Waals surface area (Å²) >= 11 is 0. The summed E-state index contributed by atoms with van der Waals surface area (Å²) in [7, 11) is 0. The number of benzene rings is 3. The monoisotopic (exact) mass is 571 g/mol. The predicted octanol–water partition coefficient (Wildman–Crippen LogP) is 6.53. The lowest BCUT2D eigenvalue weighted by Crippen LogP contribution is -2.56. The quantitative estimate of drug-likeness (QED) is 0.272. The third kappa shape index (κ3) is 6.99. The Morgan fingerprint density at radius 2 is 1.55 bits per heavy atom. The van der Waals surface area contributed by atoms with Crippen molar-refractivity contribution in [2.24, 2.45) is 0 Å². The largest absolute Gasteiger partial charge is 0.461 e. The molecule has 40 heavy (non-hydrogen) atoms. The Morgan fingerprint density at radius 3 is 2.12 bits per heavy atom. The van der Waals surface area contributed by atoms with Crippen molar-refractivity contribution in [3.63, 3.8) is 0 Å². The van der Waals surface area contributed by atoms with Crippen molar-refractivity contribution in [3.8, 4) is 11.8 Å². The second-order valence-electron chi connectivity index (χ2n) is 8.77. The number of ether oxygens (including phenoxy) is 1. The highest BCUT2D eigenvalue weighted by atomic mass is 19.3. The first-order valence-electron chi connectivity index (χ1n) is 11.5. The lowest BCUT2D eigenvalue weighted by Gasteiger charge is -2.37. The topological polar surface area (TPSA) is 74.2 Å². The number of nitrogens with zero attached hydrogens (tertiary/aromatic N) is 1. The van der Waals surface area contributed by atoms with Crippen LogP contribution in [0, 0.1) is 23.0 Å². The average Bonchev–Trinajstić information content (AvgIpc) is 2.88. The van der Waals surface area contributed by atoms with Crippen molar-refractivity contribution in [1.29, 1.82) is 5.26 Å². The van der Waals surface area contributed by atoms with Crippen molar-refractivity contribution in [1.82, 2.24) is 10.6 Å². The summed E-state index contributed by atoms with van der Waals surface area (Å²) in [6, 6.07) is 11.7. The van der Waals surface area contributed by atoms with Crippen molar-refractivity contribution in [2.45, 2.75) is 43.4 Å². The lowest BCUT2D eigenvalue weighted by molar-refractivity contribution is -0.253. The highest BCUT2D eigenvalue weighted by molar-refractivity contribution is 5.76. The number of rotatable bonds is 10. The summed E-state index contributed by atoms with van der Waals surface area (Å²) in [5.74, 6) is -6.98. The van der Waals surface area contributed by atoms with Crippen LogP contribution in [0.4, 0.5) is 39.9 Å². The summed E-state index contributed by atoms with van der Waals surface area (Å²) < 4.78 is 113. The number of nitrogens with one attached hydrogen (secondary N) is 2. The molecule has 0 radical (unpaired) electrons. The molecule has 0 bridgehead atoms. The number of carbonyl (C=O) groups excluding carboxylic acids is 1. The van der Waals surface area contributed by atoms with Crippen LogP contribution in [0.15, 0.2) is 72.8 Å². The Labute approximate surface area is 223 Å². The molecule has 0 saturated carbocycles. The third-order valence-electron chi connectivity index (χ3n) is 5.89. The van der Waals surface area contributed by atoms with Crippen LogP contribution in [0.3, 0.4) is 0 Å². The Kier molecular flexibility index (Phi) is 8.92. The number of hydrogen-bond donors (Lipinski definition) is 2. The molecule has 0 heterocycles. The van der Waals surface area contributed by atoms with Crippen LogP contribution < -0.4 is 15.4 Å². The molecule has 2 amide bonds. The average molecular weight is 571 g/mol. The van der Waals surface area contributed by atoms with Crippen LogP contribution in [0.5, 0.6) is 5.75 Å². The second-order valence-corrected chi connectivity index (χ2v) is 8.77. The van der Waals surface area contributed by atoms with Gasteiger partial charge in [-0.3, -0.25) is 0 Å². The molecule has 2 atom stereocenters.